The van der Waals surface area contributed by atoms with Gasteiger partial charge < -0.3 is 8.92 Å². The van der Waals surface area contributed by atoms with Crippen LogP contribution in [0.5, 0.6) is 11.5 Å². The molecule has 0 saturated heterocycles. The van der Waals surface area contributed by atoms with Gasteiger partial charge in [0.1, 0.15) is 11.8 Å². The summed E-state index contributed by atoms with van der Waals surface area (Å²) in [5.41, 5.74) is 1.41. The molecule has 0 atom stereocenters. The number of nitriles is 1. The smallest absolute Gasteiger partial charge is 0.387 e. The van der Waals surface area contributed by atoms with E-state index >= 15 is 0 Å². The number of aryl methyl sites for hydroxylation is 1. The maximum absolute atomic E-state index is 12.5. The van der Waals surface area contributed by atoms with Gasteiger partial charge in [-0.05, 0) is 54.3 Å². The second-order valence-corrected chi connectivity index (χ2v) is 7.09. The van der Waals surface area contributed by atoms with E-state index in [1.807, 2.05) is 6.07 Å². The zero-order valence-electron chi connectivity index (χ0n) is 13.4. The van der Waals surface area contributed by atoms with Crippen LogP contribution in [0.2, 0.25) is 0 Å². The van der Waals surface area contributed by atoms with Crippen molar-refractivity contribution in [3.63, 3.8) is 0 Å². The molecule has 0 amide bonds. The van der Waals surface area contributed by atoms with E-state index in [4.69, 9.17) is 9.44 Å². The van der Waals surface area contributed by atoms with Crippen molar-refractivity contribution in [3.05, 3.63) is 64.1 Å². The molecule has 0 aromatic heterocycles. The van der Waals surface area contributed by atoms with E-state index in [0.717, 1.165) is 0 Å². The summed E-state index contributed by atoms with van der Waals surface area (Å²) < 4.78 is 59.1. The summed E-state index contributed by atoms with van der Waals surface area (Å²) in [5, 5.41) is 9.04. The number of allylic oxidation sites excluding steroid dienone is 1. The van der Waals surface area contributed by atoms with Crippen LogP contribution in [0, 0.1) is 11.3 Å². The Balaban J connectivity index is 1.88. The lowest BCUT2D eigenvalue weighted by Gasteiger charge is -2.18. The van der Waals surface area contributed by atoms with Crippen molar-refractivity contribution in [1.82, 2.24) is 0 Å². The number of hydrogen-bond donors (Lipinski definition) is 0. The fraction of sp³-hybridized carbons (Fsp3) is 0.167. The van der Waals surface area contributed by atoms with Crippen LogP contribution in [-0.2, 0) is 16.5 Å². The molecule has 0 fully saturated rings. The number of hydrogen-bond acceptors (Lipinski definition) is 5. The molecule has 0 heterocycles. The van der Waals surface area contributed by atoms with Crippen LogP contribution >= 0.6 is 0 Å². The molecule has 2 aromatic rings. The number of alkyl halides is 2. The Bertz CT molecular complexity index is 1010. The molecular weight excluding hydrogens is 364 g/mol. The molecule has 26 heavy (non-hydrogen) atoms. The van der Waals surface area contributed by atoms with E-state index in [-0.39, 0.29) is 28.4 Å². The first-order chi connectivity index (χ1) is 12.4. The summed E-state index contributed by atoms with van der Waals surface area (Å²) in [6.07, 6.45) is 1.93. The Morgan fingerprint density at radius 3 is 2.62 bits per heavy atom. The van der Waals surface area contributed by atoms with Crippen LogP contribution in [0.25, 0.3) is 6.08 Å². The van der Waals surface area contributed by atoms with Crippen LogP contribution in [-0.4, -0.2) is 15.0 Å². The standard InChI is InChI=1S/C18H13F2NO4S/c19-18(20)24-15-7-5-13-10-16(8-6-12(13)9-15)26(22,23)25-17-4-2-1-3-14(17)11-21/h1-5,7,9-10,18H,6,8H2. The fourth-order valence-electron chi connectivity index (χ4n) is 2.62. The Hall–Kier alpha value is -2.92. The average Bonchev–Trinajstić information content (AvgIpc) is 2.61. The molecule has 2 aromatic carbocycles. The summed E-state index contributed by atoms with van der Waals surface area (Å²) >= 11 is 0. The van der Waals surface area contributed by atoms with E-state index in [0.29, 0.717) is 17.5 Å². The molecule has 0 saturated carbocycles. The summed E-state index contributed by atoms with van der Waals surface area (Å²) in [6, 6.07) is 12.2. The van der Waals surface area contributed by atoms with Crippen LogP contribution in [0.3, 0.4) is 0 Å². The number of rotatable bonds is 5. The van der Waals surface area contributed by atoms with Crippen LogP contribution < -0.4 is 8.92 Å². The van der Waals surface area contributed by atoms with Crippen LogP contribution in [0.15, 0.2) is 47.4 Å². The highest BCUT2D eigenvalue weighted by Gasteiger charge is 2.25. The van der Waals surface area contributed by atoms with Crippen molar-refractivity contribution < 1.29 is 26.1 Å². The minimum Gasteiger partial charge on any atom is -0.435 e. The lowest BCUT2D eigenvalue weighted by Crippen LogP contribution is -2.15. The maximum atomic E-state index is 12.5. The van der Waals surface area contributed by atoms with E-state index in [1.165, 1.54) is 36.4 Å². The summed E-state index contributed by atoms with van der Waals surface area (Å²) in [7, 11) is -4.08. The molecule has 0 bridgehead atoms. The van der Waals surface area contributed by atoms with Gasteiger partial charge in [-0.15, -0.1) is 0 Å². The second kappa shape index (κ2) is 7.14. The molecule has 134 valence electrons. The van der Waals surface area contributed by atoms with Gasteiger partial charge in [0.2, 0.25) is 0 Å². The minimum atomic E-state index is -4.08. The highest BCUT2D eigenvalue weighted by Crippen LogP contribution is 2.32. The Kier molecular flexibility index (Phi) is 4.91. The van der Waals surface area contributed by atoms with Crippen molar-refractivity contribution in [3.8, 4) is 17.6 Å². The van der Waals surface area contributed by atoms with E-state index in [2.05, 4.69) is 4.74 Å². The normalized spacial score (nSPS) is 13.5. The van der Waals surface area contributed by atoms with Crippen molar-refractivity contribution in [1.29, 1.82) is 5.26 Å². The third-order valence-corrected chi connectivity index (χ3v) is 5.19. The van der Waals surface area contributed by atoms with Gasteiger partial charge in [-0.2, -0.15) is 22.5 Å². The zero-order chi connectivity index (χ0) is 18.7. The van der Waals surface area contributed by atoms with Crippen LogP contribution in [0.1, 0.15) is 23.1 Å². The van der Waals surface area contributed by atoms with Crippen LogP contribution in [0.4, 0.5) is 8.78 Å². The Labute approximate surface area is 149 Å². The summed E-state index contributed by atoms with van der Waals surface area (Å²) in [4.78, 5) is 0.0558. The van der Waals surface area contributed by atoms with E-state index in [1.54, 1.807) is 12.1 Å². The molecule has 1 aliphatic carbocycles. The van der Waals surface area contributed by atoms with Crippen molar-refractivity contribution in [2.75, 3.05) is 0 Å². The van der Waals surface area contributed by atoms with Gasteiger partial charge in [0, 0.05) is 0 Å². The SMILES string of the molecule is N#Cc1ccccc1OS(=O)(=O)C1=Cc2ccc(OC(F)F)cc2CC1. The zero-order valence-corrected chi connectivity index (χ0v) is 14.2. The lowest BCUT2D eigenvalue weighted by molar-refractivity contribution is -0.0498. The highest BCUT2D eigenvalue weighted by molar-refractivity contribution is 7.91. The van der Waals surface area contributed by atoms with Gasteiger partial charge in [0.15, 0.2) is 5.75 Å². The predicted molar refractivity (Wildman–Crippen MR) is 90.1 cm³/mol. The fourth-order valence-corrected chi connectivity index (χ4v) is 3.73. The topological polar surface area (TPSA) is 76.4 Å². The number of fused-ring (bicyclic) bond motifs is 1. The molecule has 0 N–H and O–H groups in total. The van der Waals surface area contributed by atoms with Gasteiger partial charge >= 0.3 is 16.7 Å². The third-order valence-electron chi connectivity index (χ3n) is 3.82. The second-order valence-electron chi connectivity index (χ2n) is 5.50. The predicted octanol–water partition coefficient (Wildman–Crippen LogP) is 3.86. The van der Waals surface area contributed by atoms with E-state index < -0.39 is 16.7 Å². The highest BCUT2D eigenvalue weighted by atomic mass is 32.2. The number of halogens is 2. The van der Waals surface area contributed by atoms with Gasteiger partial charge in [-0.25, -0.2) is 0 Å². The largest absolute Gasteiger partial charge is 0.435 e. The monoisotopic (exact) mass is 377 g/mol. The third kappa shape index (κ3) is 3.83. The molecule has 0 spiro atoms. The summed E-state index contributed by atoms with van der Waals surface area (Å²) in [5.74, 6) is -0.0139. The van der Waals surface area contributed by atoms with Gasteiger partial charge in [-0.3, -0.25) is 0 Å². The molecule has 3 rings (SSSR count). The van der Waals surface area contributed by atoms with Gasteiger partial charge in [-0.1, -0.05) is 18.2 Å². The Morgan fingerprint density at radius 1 is 1.12 bits per heavy atom. The van der Waals surface area contributed by atoms with Gasteiger partial charge in [0.25, 0.3) is 0 Å². The van der Waals surface area contributed by atoms with Crippen molar-refractivity contribution in [2.45, 2.75) is 19.5 Å². The minimum absolute atomic E-state index is 0.0256. The first-order valence-corrected chi connectivity index (χ1v) is 9.02. The molecule has 1 aliphatic rings. The molecule has 5 nitrogen and oxygen atoms in total. The number of ether oxygens (including phenoxy) is 1. The maximum Gasteiger partial charge on any atom is 0.387 e. The first-order valence-electron chi connectivity index (χ1n) is 7.61. The average molecular weight is 377 g/mol. The number of benzene rings is 2. The molecule has 0 aliphatic heterocycles. The van der Waals surface area contributed by atoms with Crippen molar-refractivity contribution in [2.24, 2.45) is 0 Å². The number of nitrogens with zero attached hydrogens (tertiary/aromatic N) is 1. The summed E-state index contributed by atoms with van der Waals surface area (Å²) in [6.45, 7) is -2.92. The molecule has 8 heteroatoms. The quantitative estimate of drug-likeness (QED) is 0.740. The molecule has 0 radical (unpaired) electrons. The van der Waals surface area contributed by atoms with Crippen molar-refractivity contribution >= 4 is 16.2 Å². The first kappa shape index (κ1) is 17.9. The van der Waals surface area contributed by atoms with E-state index in [9.17, 15) is 17.2 Å². The molecule has 0 unspecified atom stereocenters. The Morgan fingerprint density at radius 2 is 1.88 bits per heavy atom. The molecular formula is C18H13F2NO4S. The lowest BCUT2D eigenvalue weighted by atomic mass is 9.97. The number of para-hydroxylation sites is 1. The van der Waals surface area contributed by atoms with Gasteiger partial charge in [0.05, 0.1) is 10.5 Å².